The highest BCUT2D eigenvalue weighted by Crippen LogP contribution is 2.52. The molecule has 3 nitrogen and oxygen atoms in total. The molecule has 0 bridgehead atoms. The highest BCUT2D eigenvalue weighted by Gasteiger charge is 2.55. The number of rotatable bonds is 5. The Labute approximate surface area is 171 Å². The van der Waals surface area contributed by atoms with Gasteiger partial charge in [-0.3, -0.25) is 4.79 Å². The van der Waals surface area contributed by atoms with Gasteiger partial charge in [-0.15, -0.1) is 0 Å². The van der Waals surface area contributed by atoms with Crippen LogP contribution in [0.4, 0.5) is 0 Å². The van der Waals surface area contributed by atoms with Crippen molar-refractivity contribution < 1.29 is 14.3 Å². The molecule has 2 unspecified atom stereocenters. The molecule has 1 saturated heterocycles. The largest absolute Gasteiger partial charge is 0.489 e. The molecule has 0 spiro atoms. The van der Waals surface area contributed by atoms with E-state index in [0.29, 0.717) is 19.6 Å². The monoisotopic (exact) mass is 384 g/mol. The second kappa shape index (κ2) is 7.07. The van der Waals surface area contributed by atoms with Gasteiger partial charge in [-0.05, 0) is 59.4 Å². The van der Waals surface area contributed by atoms with Crippen LogP contribution >= 0.6 is 0 Å². The molecule has 1 aliphatic carbocycles. The van der Waals surface area contributed by atoms with E-state index in [1.54, 1.807) is 0 Å². The van der Waals surface area contributed by atoms with E-state index in [4.69, 9.17) is 9.47 Å². The Bertz CT molecular complexity index is 1080. The van der Waals surface area contributed by atoms with Crippen LogP contribution < -0.4 is 4.74 Å². The number of carbonyl (C=O) groups is 1. The molecule has 1 saturated carbocycles. The summed E-state index contributed by atoms with van der Waals surface area (Å²) >= 11 is 0. The summed E-state index contributed by atoms with van der Waals surface area (Å²) in [6.07, 6.45) is 2.36. The van der Waals surface area contributed by atoms with Crippen molar-refractivity contribution in [3.05, 3.63) is 90.0 Å². The fourth-order valence-electron chi connectivity index (χ4n) is 4.83. The lowest BCUT2D eigenvalue weighted by molar-refractivity contribution is -0.146. The molecule has 0 N–H and O–H groups in total. The van der Waals surface area contributed by atoms with E-state index in [0.717, 1.165) is 29.7 Å². The quantitative estimate of drug-likeness (QED) is 0.432. The summed E-state index contributed by atoms with van der Waals surface area (Å²) in [6.45, 7) is 5.18. The lowest BCUT2D eigenvalue weighted by Crippen LogP contribution is -2.31. The molecule has 0 radical (unpaired) electrons. The number of cyclic esters (lactones) is 1. The third-order valence-electron chi connectivity index (χ3n) is 6.37. The summed E-state index contributed by atoms with van der Waals surface area (Å²) in [6, 6.07) is 22.8. The molecule has 2 atom stereocenters. The predicted octanol–water partition coefficient (Wildman–Crippen LogP) is 5.47. The second-order valence-corrected chi connectivity index (χ2v) is 8.37. The van der Waals surface area contributed by atoms with Crippen LogP contribution in [0.1, 0.15) is 24.0 Å². The van der Waals surface area contributed by atoms with Crippen LogP contribution in [0.15, 0.2) is 78.9 Å². The van der Waals surface area contributed by atoms with Gasteiger partial charge in [0, 0.05) is 5.92 Å². The molecular weight excluding hydrogens is 360 g/mol. The summed E-state index contributed by atoms with van der Waals surface area (Å²) in [5.41, 5.74) is 3.04. The first-order chi connectivity index (χ1) is 14.1. The summed E-state index contributed by atoms with van der Waals surface area (Å²) in [5, 5.41) is 2.46. The Morgan fingerprint density at radius 1 is 1.00 bits per heavy atom. The van der Waals surface area contributed by atoms with Crippen molar-refractivity contribution in [3.8, 4) is 5.75 Å². The van der Waals surface area contributed by atoms with Crippen molar-refractivity contribution in [2.45, 2.75) is 25.9 Å². The number of fused-ring (bicyclic) bond motifs is 2. The minimum absolute atomic E-state index is 0.0576. The molecule has 2 aliphatic rings. The second-order valence-electron chi connectivity index (χ2n) is 8.37. The Morgan fingerprint density at radius 2 is 1.76 bits per heavy atom. The first kappa shape index (κ1) is 18.0. The Balaban J connectivity index is 1.26. The van der Waals surface area contributed by atoms with Crippen LogP contribution in [0.3, 0.4) is 0 Å². The predicted molar refractivity (Wildman–Crippen MR) is 114 cm³/mol. The molecule has 5 rings (SSSR count). The molecule has 29 heavy (non-hydrogen) atoms. The van der Waals surface area contributed by atoms with Gasteiger partial charge in [0.2, 0.25) is 0 Å². The summed E-state index contributed by atoms with van der Waals surface area (Å²) in [7, 11) is 0. The lowest BCUT2D eigenvalue weighted by Gasteiger charge is -2.24. The smallest absolute Gasteiger partial charge is 0.313 e. The van der Waals surface area contributed by atoms with E-state index in [2.05, 4.69) is 61.2 Å². The molecule has 146 valence electrons. The van der Waals surface area contributed by atoms with Crippen LogP contribution in [0.2, 0.25) is 0 Å². The molecular formula is C26H24O3. The normalized spacial score (nSPS) is 23.2. The first-order valence-corrected chi connectivity index (χ1v) is 10.2. The molecule has 0 amide bonds. The number of allylic oxidation sites excluding steroid dienone is 1. The Hall–Kier alpha value is -3.07. The van der Waals surface area contributed by atoms with Crippen molar-refractivity contribution in [2.24, 2.45) is 11.3 Å². The van der Waals surface area contributed by atoms with Gasteiger partial charge in [0.05, 0.1) is 12.0 Å². The Morgan fingerprint density at radius 3 is 2.59 bits per heavy atom. The van der Waals surface area contributed by atoms with Gasteiger partial charge in [0.15, 0.2) is 0 Å². The number of carbonyl (C=O) groups excluding carboxylic acids is 1. The fourth-order valence-corrected chi connectivity index (χ4v) is 4.83. The van der Waals surface area contributed by atoms with E-state index in [9.17, 15) is 4.79 Å². The summed E-state index contributed by atoms with van der Waals surface area (Å²) in [4.78, 5) is 12.5. The van der Waals surface area contributed by atoms with Crippen molar-refractivity contribution in [3.63, 3.8) is 0 Å². The standard InChI is InChI=1S/C26H24O3/c1-18-12-23-17-29-25(27)26(23,14-18)15-19-7-10-24(11-8-19)28-16-20-6-9-21-4-2-3-5-22(21)13-20/h2-11,13,23H,1,12,14-17H2. The number of ether oxygens (including phenoxy) is 2. The van der Waals surface area contributed by atoms with Crippen molar-refractivity contribution in [1.29, 1.82) is 0 Å². The van der Waals surface area contributed by atoms with E-state index in [1.807, 2.05) is 12.1 Å². The third-order valence-corrected chi connectivity index (χ3v) is 6.37. The van der Waals surface area contributed by atoms with Gasteiger partial charge in [-0.1, -0.05) is 60.7 Å². The minimum atomic E-state index is -0.412. The zero-order valence-corrected chi connectivity index (χ0v) is 16.4. The van der Waals surface area contributed by atoms with Gasteiger partial charge < -0.3 is 9.47 Å². The molecule has 3 aromatic carbocycles. The minimum Gasteiger partial charge on any atom is -0.489 e. The van der Waals surface area contributed by atoms with Crippen LogP contribution in [-0.2, 0) is 22.6 Å². The van der Waals surface area contributed by atoms with Crippen LogP contribution in [-0.4, -0.2) is 12.6 Å². The van der Waals surface area contributed by atoms with E-state index < -0.39 is 5.41 Å². The summed E-state index contributed by atoms with van der Waals surface area (Å²) < 4.78 is 11.4. The number of hydrogen-bond donors (Lipinski definition) is 0. The molecule has 2 fully saturated rings. The van der Waals surface area contributed by atoms with E-state index in [1.165, 1.54) is 16.3 Å². The molecule has 1 heterocycles. The van der Waals surface area contributed by atoms with Crippen molar-refractivity contribution in [2.75, 3.05) is 6.61 Å². The average molecular weight is 384 g/mol. The van der Waals surface area contributed by atoms with Crippen LogP contribution in [0.25, 0.3) is 10.8 Å². The lowest BCUT2D eigenvalue weighted by atomic mass is 9.75. The van der Waals surface area contributed by atoms with Gasteiger partial charge >= 0.3 is 5.97 Å². The zero-order chi connectivity index (χ0) is 19.8. The maximum Gasteiger partial charge on any atom is 0.313 e. The van der Waals surface area contributed by atoms with Crippen molar-refractivity contribution >= 4 is 16.7 Å². The summed E-state index contributed by atoms with van der Waals surface area (Å²) in [5.74, 6) is 1.05. The highest BCUT2D eigenvalue weighted by atomic mass is 16.5. The number of benzene rings is 3. The van der Waals surface area contributed by atoms with Gasteiger partial charge in [-0.25, -0.2) is 0 Å². The van der Waals surface area contributed by atoms with Gasteiger partial charge in [0.25, 0.3) is 0 Å². The topological polar surface area (TPSA) is 35.5 Å². The number of esters is 1. The zero-order valence-electron chi connectivity index (χ0n) is 16.4. The third kappa shape index (κ3) is 3.31. The molecule has 0 aromatic heterocycles. The molecule has 3 aromatic rings. The number of hydrogen-bond acceptors (Lipinski definition) is 3. The van der Waals surface area contributed by atoms with Gasteiger partial charge in [0.1, 0.15) is 12.4 Å². The SMILES string of the molecule is C=C1CC2COC(=O)C2(Cc2ccc(OCc3ccc4ccccc4c3)cc2)C1. The fraction of sp³-hybridized carbons (Fsp3) is 0.269. The highest BCUT2D eigenvalue weighted by molar-refractivity contribution is 5.83. The van der Waals surface area contributed by atoms with E-state index in [-0.39, 0.29) is 11.9 Å². The van der Waals surface area contributed by atoms with Crippen LogP contribution in [0, 0.1) is 11.3 Å². The van der Waals surface area contributed by atoms with Crippen LogP contribution in [0.5, 0.6) is 5.75 Å². The maximum atomic E-state index is 12.5. The maximum absolute atomic E-state index is 12.5. The first-order valence-electron chi connectivity index (χ1n) is 10.2. The Kier molecular flexibility index (Phi) is 4.39. The van der Waals surface area contributed by atoms with E-state index >= 15 is 0 Å². The van der Waals surface area contributed by atoms with Gasteiger partial charge in [-0.2, -0.15) is 0 Å². The van der Waals surface area contributed by atoms with Crippen molar-refractivity contribution in [1.82, 2.24) is 0 Å². The molecule has 1 aliphatic heterocycles. The average Bonchev–Trinajstić information content (AvgIpc) is 3.21. The molecule has 3 heteroatoms.